The van der Waals surface area contributed by atoms with Crippen molar-refractivity contribution in [3.05, 3.63) is 12.3 Å². The molecule has 0 aromatic heterocycles. The van der Waals surface area contributed by atoms with Crippen molar-refractivity contribution in [3.8, 4) is 0 Å². The van der Waals surface area contributed by atoms with Crippen molar-refractivity contribution in [1.29, 1.82) is 0 Å². The van der Waals surface area contributed by atoms with Gasteiger partial charge in [-0.25, -0.2) is 0 Å². The Hall–Kier alpha value is -0.780. The van der Waals surface area contributed by atoms with Gasteiger partial charge in [-0.1, -0.05) is 0 Å². The summed E-state index contributed by atoms with van der Waals surface area (Å²) in [6.07, 6.45) is -5.74. The summed E-state index contributed by atoms with van der Waals surface area (Å²) in [5.74, 6) is -0.992. The minimum Gasteiger partial charge on any atom is -0.472 e. The lowest BCUT2D eigenvalue weighted by atomic mass is 9.85. The van der Waals surface area contributed by atoms with E-state index < -0.39 is 61.2 Å². The first-order valence-electron chi connectivity index (χ1n) is 7.95. The molecule has 3 aliphatic rings. The van der Waals surface area contributed by atoms with Gasteiger partial charge in [0.25, 0.3) is 0 Å². The second-order valence-electron chi connectivity index (χ2n) is 6.90. The lowest BCUT2D eigenvalue weighted by Crippen LogP contribution is -2.60. The second kappa shape index (κ2) is 6.50. The third kappa shape index (κ3) is 2.95. The largest absolute Gasteiger partial charge is 0.472 e. The molecule has 0 bridgehead atoms. The van der Waals surface area contributed by atoms with Gasteiger partial charge in [-0.05, 0) is 13.0 Å². The second-order valence-corrected chi connectivity index (χ2v) is 6.90. The minimum absolute atomic E-state index is 0.143. The number of aliphatic hydroxyl groups excluding tert-OH is 5. The van der Waals surface area contributed by atoms with Gasteiger partial charge in [0, 0.05) is 12.3 Å². The average molecular weight is 348 g/mol. The SMILES string of the molecule is C[C@]1(O)C[C@@H](O)[C@@H]2C=CO[C@@H](O[C@@H]3O[C@H](CO)[C@@H](O)[C@H](O)[C@H]3O)[C@H]21. The smallest absolute Gasteiger partial charge is 0.207 e. The lowest BCUT2D eigenvalue weighted by molar-refractivity contribution is -0.346. The summed E-state index contributed by atoms with van der Waals surface area (Å²) in [5.41, 5.74) is -1.26. The molecule has 0 aromatic rings. The molecule has 1 saturated carbocycles. The van der Waals surface area contributed by atoms with Crippen molar-refractivity contribution >= 4 is 0 Å². The van der Waals surface area contributed by atoms with Crippen LogP contribution in [-0.2, 0) is 14.2 Å². The van der Waals surface area contributed by atoms with Gasteiger partial charge in [0.1, 0.15) is 24.4 Å². The fourth-order valence-electron chi connectivity index (χ4n) is 3.80. The molecule has 3 rings (SSSR count). The van der Waals surface area contributed by atoms with Gasteiger partial charge in [0.15, 0.2) is 6.29 Å². The summed E-state index contributed by atoms with van der Waals surface area (Å²) in [7, 11) is 0. The summed E-state index contributed by atoms with van der Waals surface area (Å²) < 4.78 is 16.3. The molecular weight excluding hydrogens is 324 g/mol. The molecule has 24 heavy (non-hydrogen) atoms. The zero-order valence-electron chi connectivity index (χ0n) is 13.2. The molecule has 9 nitrogen and oxygen atoms in total. The lowest BCUT2D eigenvalue weighted by Gasteiger charge is -2.43. The van der Waals surface area contributed by atoms with Crippen LogP contribution in [0.15, 0.2) is 12.3 Å². The predicted octanol–water partition coefficient (Wildman–Crippen LogP) is -2.58. The summed E-state index contributed by atoms with van der Waals surface area (Å²) in [6, 6.07) is 0. The van der Waals surface area contributed by atoms with E-state index in [1.54, 1.807) is 13.0 Å². The van der Waals surface area contributed by atoms with Crippen LogP contribution in [0.3, 0.4) is 0 Å². The number of hydrogen-bond acceptors (Lipinski definition) is 9. The fourth-order valence-corrected chi connectivity index (χ4v) is 3.80. The highest BCUT2D eigenvalue weighted by Gasteiger charge is 2.56. The molecule has 9 heteroatoms. The van der Waals surface area contributed by atoms with E-state index in [0.717, 1.165) is 0 Å². The Morgan fingerprint density at radius 2 is 1.83 bits per heavy atom. The molecule has 0 spiro atoms. The Balaban J connectivity index is 1.76. The van der Waals surface area contributed by atoms with Gasteiger partial charge in [-0.15, -0.1) is 0 Å². The third-order valence-corrected chi connectivity index (χ3v) is 5.12. The van der Waals surface area contributed by atoms with Crippen LogP contribution in [0.1, 0.15) is 13.3 Å². The maximum Gasteiger partial charge on any atom is 0.207 e. The molecule has 0 radical (unpaired) electrons. The van der Waals surface area contributed by atoms with Gasteiger partial charge >= 0.3 is 0 Å². The number of hydrogen-bond donors (Lipinski definition) is 6. The summed E-state index contributed by atoms with van der Waals surface area (Å²) in [6.45, 7) is 0.992. The van der Waals surface area contributed by atoms with Gasteiger partial charge in [0.05, 0.1) is 30.5 Å². The van der Waals surface area contributed by atoms with Crippen molar-refractivity contribution in [1.82, 2.24) is 0 Å². The molecule has 1 aliphatic carbocycles. The van der Waals surface area contributed by atoms with Crippen molar-refractivity contribution < 1.29 is 44.8 Å². The highest BCUT2D eigenvalue weighted by molar-refractivity contribution is 5.10. The molecule has 0 amide bonds. The summed E-state index contributed by atoms with van der Waals surface area (Å²) >= 11 is 0. The summed E-state index contributed by atoms with van der Waals surface area (Å²) in [4.78, 5) is 0. The Morgan fingerprint density at radius 3 is 2.50 bits per heavy atom. The van der Waals surface area contributed by atoms with Crippen LogP contribution in [0, 0.1) is 11.8 Å². The van der Waals surface area contributed by atoms with Crippen molar-refractivity contribution in [2.45, 2.75) is 62.0 Å². The van der Waals surface area contributed by atoms with Crippen LogP contribution in [0.2, 0.25) is 0 Å². The first-order chi connectivity index (χ1) is 11.3. The first kappa shape index (κ1) is 18.0. The van der Waals surface area contributed by atoms with Crippen LogP contribution >= 0.6 is 0 Å². The number of rotatable bonds is 3. The Labute approximate surface area is 138 Å². The topological polar surface area (TPSA) is 149 Å². The number of fused-ring (bicyclic) bond motifs is 1. The van der Waals surface area contributed by atoms with Crippen molar-refractivity contribution in [2.75, 3.05) is 6.61 Å². The molecule has 0 unspecified atom stereocenters. The maximum atomic E-state index is 10.5. The van der Waals surface area contributed by atoms with E-state index in [1.807, 2.05) is 0 Å². The van der Waals surface area contributed by atoms with Crippen LogP contribution in [-0.4, -0.2) is 85.9 Å². The van der Waals surface area contributed by atoms with E-state index >= 15 is 0 Å². The Kier molecular flexibility index (Phi) is 4.89. The standard InChI is InChI=1S/C15H24O9/c1-15(21)4-7(17)6-2-3-22-13(9(6)15)24-14-12(20)11(19)10(18)8(5-16)23-14/h2-3,6-14,16-21H,4-5H2,1H3/t6-,7+,8+,9-,10+,11-,12+,13-,14-,15-/m0/s1. The van der Waals surface area contributed by atoms with Crippen LogP contribution < -0.4 is 0 Å². The zero-order chi connectivity index (χ0) is 17.6. The molecule has 1 saturated heterocycles. The maximum absolute atomic E-state index is 10.5. The van der Waals surface area contributed by atoms with E-state index in [0.29, 0.717) is 0 Å². The molecule has 10 atom stereocenters. The molecule has 2 fully saturated rings. The highest BCUT2D eigenvalue weighted by Crippen LogP contribution is 2.46. The highest BCUT2D eigenvalue weighted by atomic mass is 16.8. The van der Waals surface area contributed by atoms with Crippen molar-refractivity contribution in [2.24, 2.45) is 11.8 Å². The first-order valence-corrected chi connectivity index (χ1v) is 7.95. The minimum atomic E-state index is -1.56. The predicted molar refractivity (Wildman–Crippen MR) is 77.1 cm³/mol. The van der Waals surface area contributed by atoms with Crippen LogP contribution in [0.5, 0.6) is 0 Å². The van der Waals surface area contributed by atoms with E-state index in [-0.39, 0.29) is 12.3 Å². The van der Waals surface area contributed by atoms with Crippen molar-refractivity contribution in [3.63, 3.8) is 0 Å². The molecule has 138 valence electrons. The van der Waals surface area contributed by atoms with Gasteiger partial charge in [-0.2, -0.15) is 0 Å². The average Bonchev–Trinajstić information content (AvgIpc) is 2.78. The van der Waals surface area contributed by atoms with Crippen LogP contribution in [0.25, 0.3) is 0 Å². The van der Waals surface area contributed by atoms with E-state index in [2.05, 4.69) is 0 Å². The Morgan fingerprint density at radius 1 is 1.12 bits per heavy atom. The van der Waals surface area contributed by atoms with Crippen LogP contribution in [0.4, 0.5) is 0 Å². The monoisotopic (exact) mass is 348 g/mol. The van der Waals surface area contributed by atoms with E-state index in [1.165, 1.54) is 6.26 Å². The number of ether oxygens (including phenoxy) is 3. The van der Waals surface area contributed by atoms with E-state index in [9.17, 15) is 30.6 Å². The summed E-state index contributed by atoms with van der Waals surface area (Å²) in [5, 5.41) is 59.5. The van der Waals surface area contributed by atoms with Gasteiger partial charge in [-0.3, -0.25) is 0 Å². The normalized spacial score (nSPS) is 54.4. The molecule has 2 aliphatic heterocycles. The van der Waals surface area contributed by atoms with Gasteiger partial charge in [0.2, 0.25) is 6.29 Å². The molecule has 0 aromatic carbocycles. The zero-order valence-corrected chi connectivity index (χ0v) is 13.2. The quantitative estimate of drug-likeness (QED) is 0.323. The number of aliphatic hydroxyl groups is 6. The van der Waals surface area contributed by atoms with Gasteiger partial charge < -0.3 is 44.8 Å². The fraction of sp³-hybridized carbons (Fsp3) is 0.867. The van der Waals surface area contributed by atoms with E-state index in [4.69, 9.17) is 14.2 Å². The molecule has 2 heterocycles. The third-order valence-electron chi connectivity index (χ3n) is 5.12. The molecular formula is C15H24O9. The Bertz CT molecular complexity index is 480. The molecule has 6 N–H and O–H groups in total.